The van der Waals surface area contributed by atoms with Gasteiger partial charge in [0.1, 0.15) is 9.77 Å². The van der Waals surface area contributed by atoms with E-state index in [2.05, 4.69) is 48.2 Å². The third-order valence-corrected chi connectivity index (χ3v) is 10.9. The van der Waals surface area contributed by atoms with E-state index in [1.165, 1.54) is 65.2 Å². The van der Waals surface area contributed by atoms with E-state index in [1.54, 1.807) is 22.8 Å². The second-order valence-corrected chi connectivity index (χ2v) is 16.0. The Labute approximate surface area is 257 Å². The summed E-state index contributed by atoms with van der Waals surface area (Å²) in [4.78, 5) is 17.8. The second kappa shape index (κ2) is 14.9. The number of nitrogens with zero attached hydrogens (tertiary/aromatic N) is 3. The molecule has 8 nitrogen and oxygen atoms in total. The van der Waals surface area contributed by atoms with Crippen molar-refractivity contribution < 1.29 is 13.2 Å². The zero-order valence-corrected chi connectivity index (χ0v) is 27.9. The lowest BCUT2D eigenvalue weighted by atomic mass is 9.92. The molecule has 42 heavy (non-hydrogen) atoms. The second-order valence-electron chi connectivity index (χ2n) is 13.0. The van der Waals surface area contributed by atoms with Crippen LogP contribution < -0.4 is 5.32 Å². The minimum absolute atomic E-state index is 0.00680. The Kier molecular flexibility index (Phi) is 12.1. The minimum atomic E-state index is -3.64. The van der Waals surface area contributed by atoms with Crippen molar-refractivity contribution in [3.63, 3.8) is 0 Å². The first-order valence-electron chi connectivity index (χ1n) is 15.6. The highest BCUT2D eigenvalue weighted by Crippen LogP contribution is 2.32. The van der Waals surface area contributed by atoms with Crippen LogP contribution in [0.5, 0.6) is 0 Å². The van der Waals surface area contributed by atoms with Crippen LogP contribution in [0.1, 0.15) is 124 Å². The van der Waals surface area contributed by atoms with Crippen molar-refractivity contribution in [2.75, 3.05) is 11.1 Å². The lowest BCUT2D eigenvalue weighted by Gasteiger charge is -2.24. The first-order chi connectivity index (χ1) is 19.8. The van der Waals surface area contributed by atoms with Crippen LogP contribution in [0.4, 0.5) is 5.69 Å². The van der Waals surface area contributed by atoms with Crippen molar-refractivity contribution in [2.24, 2.45) is 0 Å². The van der Waals surface area contributed by atoms with E-state index in [9.17, 15) is 13.2 Å². The highest BCUT2D eigenvalue weighted by atomic mass is 35.5. The number of hydrogen-bond donors (Lipinski definition) is 2. The number of aromatic amines is 1. The molecule has 0 fully saturated rings. The molecule has 0 aliphatic rings. The lowest BCUT2D eigenvalue weighted by molar-refractivity contribution is -0.117. The fourth-order valence-corrected chi connectivity index (χ4v) is 6.84. The molecule has 3 rings (SSSR count). The lowest BCUT2D eigenvalue weighted by Crippen LogP contribution is -2.45. The van der Waals surface area contributed by atoms with Gasteiger partial charge < -0.3 is 5.32 Å². The van der Waals surface area contributed by atoms with Crippen molar-refractivity contribution in [1.29, 1.82) is 0 Å². The van der Waals surface area contributed by atoms with Crippen LogP contribution in [0.2, 0.25) is 5.02 Å². The van der Waals surface area contributed by atoms with Crippen LogP contribution >= 0.6 is 11.6 Å². The molecule has 2 heterocycles. The van der Waals surface area contributed by atoms with Crippen LogP contribution in [0, 0.1) is 0 Å². The third kappa shape index (κ3) is 8.82. The summed E-state index contributed by atoms with van der Waals surface area (Å²) in [6.45, 7) is 11.4. The van der Waals surface area contributed by atoms with Gasteiger partial charge in [0, 0.05) is 16.7 Å². The molecule has 0 aliphatic heterocycles. The predicted molar refractivity (Wildman–Crippen MR) is 174 cm³/mol. The van der Waals surface area contributed by atoms with Crippen LogP contribution in [-0.2, 0) is 20.0 Å². The molecule has 1 amide bonds. The number of fused-ring (bicyclic) bond motifs is 1. The molecule has 2 N–H and O–H groups in total. The average Bonchev–Trinajstić information content (AvgIpc) is 3.48. The van der Waals surface area contributed by atoms with Crippen LogP contribution in [0.25, 0.3) is 17.0 Å². The molecule has 3 aromatic rings. The Morgan fingerprint density at radius 3 is 2.05 bits per heavy atom. The Hall–Kier alpha value is -2.39. The number of benzene rings is 1. The highest BCUT2D eigenvalue weighted by Gasteiger charge is 2.41. The first kappa shape index (κ1) is 34.1. The average molecular weight is 620 g/mol. The summed E-state index contributed by atoms with van der Waals surface area (Å²) in [5, 5.41) is 11.0. The number of anilines is 1. The van der Waals surface area contributed by atoms with E-state index >= 15 is 0 Å². The maximum atomic E-state index is 13.2. The largest absolute Gasteiger partial charge is 0.325 e. The fourth-order valence-electron chi connectivity index (χ4n) is 4.97. The van der Waals surface area contributed by atoms with Gasteiger partial charge in [0.25, 0.3) is 0 Å². The Morgan fingerprint density at radius 2 is 1.50 bits per heavy atom. The Morgan fingerprint density at radius 1 is 0.929 bits per heavy atom. The van der Waals surface area contributed by atoms with E-state index < -0.39 is 20.5 Å². The van der Waals surface area contributed by atoms with Gasteiger partial charge in [-0.05, 0) is 32.4 Å². The van der Waals surface area contributed by atoms with Crippen molar-refractivity contribution >= 4 is 38.7 Å². The smallest absolute Gasteiger partial charge is 0.245 e. The van der Waals surface area contributed by atoms with E-state index in [-0.39, 0.29) is 11.2 Å². The number of unbranched alkanes of at least 4 members (excludes halogenated alkanes) is 11. The maximum absolute atomic E-state index is 13.2. The monoisotopic (exact) mass is 619 g/mol. The van der Waals surface area contributed by atoms with Gasteiger partial charge in [-0.1, -0.05) is 122 Å². The van der Waals surface area contributed by atoms with Gasteiger partial charge in [-0.15, -0.1) is 5.10 Å². The number of nitrogens with one attached hydrogen (secondary N) is 2. The van der Waals surface area contributed by atoms with Gasteiger partial charge in [0.05, 0.1) is 11.4 Å². The number of rotatable bonds is 17. The summed E-state index contributed by atoms with van der Waals surface area (Å²) in [6.07, 6.45) is 14.0. The number of carbonyl (C=O) groups is 1. The van der Waals surface area contributed by atoms with E-state index in [0.717, 1.165) is 25.0 Å². The summed E-state index contributed by atoms with van der Waals surface area (Å²) >= 11 is 6.56. The maximum Gasteiger partial charge on any atom is 0.245 e. The molecule has 0 bridgehead atoms. The molecule has 10 heteroatoms. The van der Waals surface area contributed by atoms with Gasteiger partial charge in [-0.3, -0.25) is 9.89 Å². The Balaban J connectivity index is 1.50. The molecule has 1 aromatic carbocycles. The third-order valence-electron chi connectivity index (χ3n) is 7.96. The summed E-state index contributed by atoms with van der Waals surface area (Å²) in [7, 11) is -3.64. The molecule has 0 saturated carbocycles. The SMILES string of the molecule is CCCCCCCCCCCCCCS(=O)(=O)C(C)(C)C(=O)Nc1cccc(-c2nc3c(Cl)c(C(C)(C)C)[nH]n3n2)c1. The molecule has 0 spiro atoms. The van der Waals surface area contributed by atoms with Gasteiger partial charge >= 0.3 is 0 Å². The van der Waals surface area contributed by atoms with Crippen LogP contribution in [0.3, 0.4) is 0 Å². The summed E-state index contributed by atoms with van der Waals surface area (Å²) in [5.41, 5.74) is 2.33. The van der Waals surface area contributed by atoms with E-state index in [4.69, 9.17) is 11.6 Å². The summed E-state index contributed by atoms with van der Waals surface area (Å²) < 4.78 is 26.3. The fraction of sp³-hybridized carbons (Fsp3) is 0.656. The number of hydrogen-bond acceptors (Lipinski definition) is 5. The number of H-pyrrole nitrogens is 1. The van der Waals surface area contributed by atoms with Gasteiger partial charge in [-0.2, -0.15) is 4.63 Å². The standard InChI is InChI=1S/C32H50ClN5O3S/c1-7-8-9-10-11-12-13-14-15-16-17-18-22-42(40,41)32(5,6)30(39)34-25-21-19-20-24(23-25)28-35-29-26(33)27(31(2,3)4)36-38(29)37-28/h19-21,23,36H,7-18,22H2,1-6H3,(H,34,39). The quantitative estimate of drug-likeness (QED) is 0.147. The topological polar surface area (TPSA) is 109 Å². The number of halogens is 1. The molecular weight excluding hydrogens is 570 g/mol. The molecule has 0 unspecified atom stereocenters. The van der Waals surface area contributed by atoms with Crippen molar-refractivity contribution in [3.05, 3.63) is 35.0 Å². The van der Waals surface area contributed by atoms with Gasteiger partial charge in [-0.25, -0.2) is 13.4 Å². The minimum Gasteiger partial charge on any atom is -0.325 e. The van der Waals surface area contributed by atoms with E-state index in [0.29, 0.717) is 34.2 Å². The van der Waals surface area contributed by atoms with Crippen molar-refractivity contribution in [2.45, 2.75) is 129 Å². The predicted octanol–water partition coefficient (Wildman–Crippen LogP) is 8.51. The number of aromatic nitrogens is 4. The molecule has 2 aromatic heterocycles. The van der Waals surface area contributed by atoms with E-state index in [1.807, 2.05) is 6.07 Å². The molecule has 0 atom stereocenters. The van der Waals surface area contributed by atoms with Crippen molar-refractivity contribution in [1.82, 2.24) is 19.8 Å². The van der Waals surface area contributed by atoms with Crippen LogP contribution in [0.15, 0.2) is 24.3 Å². The first-order valence-corrected chi connectivity index (χ1v) is 17.6. The molecular formula is C32H50ClN5O3S. The molecule has 0 radical (unpaired) electrons. The zero-order valence-electron chi connectivity index (χ0n) is 26.4. The van der Waals surface area contributed by atoms with Crippen molar-refractivity contribution in [3.8, 4) is 11.4 Å². The number of amides is 1. The van der Waals surface area contributed by atoms with Gasteiger partial charge in [0.15, 0.2) is 21.3 Å². The number of sulfone groups is 1. The highest BCUT2D eigenvalue weighted by molar-refractivity contribution is 7.93. The normalized spacial score (nSPS) is 12.7. The number of carbonyl (C=O) groups excluding carboxylic acids is 1. The molecule has 234 valence electrons. The van der Waals surface area contributed by atoms with Gasteiger partial charge in [0.2, 0.25) is 5.91 Å². The van der Waals surface area contributed by atoms with Crippen LogP contribution in [-0.4, -0.2) is 44.6 Å². The molecule has 0 saturated heterocycles. The summed E-state index contributed by atoms with van der Waals surface area (Å²) in [6, 6.07) is 7.07. The summed E-state index contributed by atoms with van der Waals surface area (Å²) in [5.74, 6) is -0.104. The molecule has 0 aliphatic carbocycles. The Bertz CT molecular complexity index is 1420. The zero-order chi connectivity index (χ0) is 31.0.